The summed E-state index contributed by atoms with van der Waals surface area (Å²) in [5.74, 6) is 0.177. The highest BCUT2D eigenvalue weighted by Gasteiger charge is 2.07. The van der Waals surface area contributed by atoms with Crippen molar-refractivity contribution in [2.45, 2.75) is 0 Å². The van der Waals surface area contributed by atoms with Crippen LogP contribution >= 0.6 is 27.5 Å². The van der Waals surface area contributed by atoms with Crippen molar-refractivity contribution in [3.8, 4) is 5.75 Å². The molecule has 3 nitrogen and oxygen atoms in total. The fourth-order valence-electron chi connectivity index (χ4n) is 1.57. The van der Waals surface area contributed by atoms with Gasteiger partial charge in [0.15, 0.2) is 0 Å². The Kier molecular flexibility index (Phi) is 4.17. The number of hydrogen-bond acceptors (Lipinski definition) is 3. The number of nitrogen functional groups attached to an aromatic ring is 1. The van der Waals surface area contributed by atoms with Crippen LogP contribution < -0.4 is 15.8 Å². The summed E-state index contributed by atoms with van der Waals surface area (Å²) in [4.78, 5) is 0. The van der Waals surface area contributed by atoms with E-state index in [1.807, 2.05) is 12.1 Å². The summed E-state index contributed by atoms with van der Waals surface area (Å²) in [5.41, 5.74) is 7.35. The highest BCUT2D eigenvalue weighted by atomic mass is 79.9. The minimum atomic E-state index is -0.541. The van der Waals surface area contributed by atoms with E-state index in [2.05, 4.69) is 21.2 Å². The van der Waals surface area contributed by atoms with Crippen LogP contribution in [0.25, 0.3) is 0 Å². The van der Waals surface area contributed by atoms with Crippen LogP contribution in [0.3, 0.4) is 0 Å². The Morgan fingerprint density at radius 2 is 2.05 bits per heavy atom. The molecule has 0 saturated carbocycles. The lowest BCUT2D eigenvalue weighted by atomic mass is 10.2. The first-order valence-corrected chi connectivity index (χ1v) is 6.53. The largest absolute Gasteiger partial charge is 0.496 e. The number of nitrogens with two attached hydrogens (primary N) is 1. The number of anilines is 3. The first-order chi connectivity index (χ1) is 9.01. The van der Waals surface area contributed by atoms with Gasteiger partial charge in [0.2, 0.25) is 0 Å². The molecular weight excluding hydrogens is 335 g/mol. The number of nitrogens with one attached hydrogen (secondary N) is 1. The van der Waals surface area contributed by atoms with Gasteiger partial charge in [-0.15, -0.1) is 0 Å². The Morgan fingerprint density at radius 1 is 1.32 bits per heavy atom. The zero-order chi connectivity index (χ0) is 14.0. The molecule has 0 aliphatic rings. The molecule has 0 amide bonds. The number of halogens is 3. The third-order valence-corrected chi connectivity index (χ3v) is 3.43. The van der Waals surface area contributed by atoms with Crippen molar-refractivity contribution in [3.63, 3.8) is 0 Å². The second-order valence-electron chi connectivity index (χ2n) is 3.83. The van der Waals surface area contributed by atoms with Gasteiger partial charge < -0.3 is 15.8 Å². The molecule has 0 spiro atoms. The highest BCUT2D eigenvalue weighted by Crippen LogP contribution is 2.32. The summed E-state index contributed by atoms with van der Waals surface area (Å²) in [5, 5.41) is 3.09. The molecule has 0 bridgehead atoms. The third-order valence-electron chi connectivity index (χ3n) is 2.52. The fraction of sp³-hybridized carbons (Fsp3) is 0.0769. The van der Waals surface area contributed by atoms with Crippen LogP contribution in [-0.4, -0.2) is 7.11 Å². The summed E-state index contributed by atoms with van der Waals surface area (Å²) in [6.45, 7) is 0. The van der Waals surface area contributed by atoms with Crippen molar-refractivity contribution in [2.24, 2.45) is 0 Å². The number of hydrogen-bond donors (Lipinski definition) is 2. The van der Waals surface area contributed by atoms with Gasteiger partial charge in [0.1, 0.15) is 11.6 Å². The zero-order valence-corrected chi connectivity index (χ0v) is 12.3. The minimum absolute atomic E-state index is 0.0178. The maximum atomic E-state index is 13.2. The van der Waals surface area contributed by atoms with Crippen molar-refractivity contribution in [3.05, 3.63) is 45.6 Å². The number of methoxy groups -OCH3 is 1. The standard InChI is InChI=1S/C13H11BrClFN2O/c1-19-13-3-2-7(4-8(13)14)18-12-5-9(15)10(16)6-11(12)17/h2-6,18H,17H2,1H3. The Morgan fingerprint density at radius 3 is 2.68 bits per heavy atom. The van der Waals surface area contributed by atoms with Crippen LogP contribution in [-0.2, 0) is 0 Å². The van der Waals surface area contributed by atoms with Crippen molar-refractivity contribution >= 4 is 44.6 Å². The molecule has 3 N–H and O–H groups in total. The minimum Gasteiger partial charge on any atom is -0.496 e. The third kappa shape index (κ3) is 3.11. The molecule has 0 fully saturated rings. The van der Waals surface area contributed by atoms with E-state index >= 15 is 0 Å². The molecule has 2 aromatic rings. The van der Waals surface area contributed by atoms with E-state index in [-0.39, 0.29) is 10.7 Å². The first-order valence-electron chi connectivity index (χ1n) is 5.36. The molecule has 2 rings (SSSR count). The van der Waals surface area contributed by atoms with E-state index in [1.54, 1.807) is 13.2 Å². The average molecular weight is 346 g/mol. The van der Waals surface area contributed by atoms with Crippen LogP contribution in [0.5, 0.6) is 5.75 Å². The van der Waals surface area contributed by atoms with E-state index in [4.69, 9.17) is 22.1 Å². The molecule has 0 aromatic heterocycles. The van der Waals surface area contributed by atoms with Crippen molar-refractivity contribution in [1.29, 1.82) is 0 Å². The van der Waals surface area contributed by atoms with Crippen LogP contribution in [0.2, 0.25) is 5.02 Å². The topological polar surface area (TPSA) is 47.3 Å². The van der Waals surface area contributed by atoms with Crippen LogP contribution in [0.1, 0.15) is 0 Å². The van der Waals surface area contributed by atoms with Crippen molar-refractivity contribution in [2.75, 3.05) is 18.2 Å². The second kappa shape index (κ2) is 5.67. The molecular formula is C13H11BrClFN2O. The summed E-state index contributed by atoms with van der Waals surface area (Å²) < 4.78 is 19.1. The van der Waals surface area contributed by atoms with Gasteiger partial charge in [0.25, 0.3) is 0 Å². The average Bonchev–Trinajstić information content (AvgIpc) is 2.36. The number of rotatable bonds is 3. The molecule has 100 valence electrons. The fourth-order valence-corrected chi connectivity index (χ4v) is 2.27. The van der Waals surface area contributed by atoms with Crippen LogP contribution in [0, 0.1) is 5.82 Å². The molecule has 19 heavy (non-hydrogen) atoms. The van der Waals surface area contributed by atoms with Crippen molar-refractivity contribution < 1.29 is 9.13 Å². The molecule has 0 atom stereocenters. The van der Waals surface area contributed by atoms with E-state index in [0.29, 0.717) is 5.69 Å². The summed E-state index contributed by atoms with van der Waals surface area (Å²) in [6, 6.07) is 8.08. The smallest absolute Gasteiger partial charge is 0.143 e. The molecule has 0 heterocycles. The Labute approximate surface area is 123 Å². The quantitative estimate of drug-likeness (QED) is 0.801. The Hall–Kier alpha value is -1.46. The first kappa shape index (κ1) is 14.0. The highest BCUT2D eigenvalue weighted by molar-refractivity contribution is 9.10. The molecule has 0 aliphatic carbocycles. The normalized spacial score (nSPS) is 10.3. The number of benzene rings is 2. The molecule has 0 radical (unpaired) electrons. The van der Waals surface area contributed by atoms with E-state index in [9.17, 15) is 4.39 Å². The van der Waals surface area contributed by atoms with E-state index in [0.717, 1.165) is 15.9 Å². The van der Waals surface area contributed by atoms with Crippen LogP contribution in [0.15, 0.2) is 34.8 Å². The van der Waals surface area contributed by atoms with Gasteiger partial charge in [-0.3, -0.25) is 0 Å². The number of ether oxygens (including phenoxy) is 1. The predicted molar refractivity (Wildman–Crippen MR) is 79.8 cm³/mol. The summed E-state index contributed by atoms with van der Waals surface area (Å²) in [7, 11) is 1.59. The van der Waals surface area contributed by atoms with Gasteiger partial charge in [-0.05, 0) is 40.2 Å². The monoisotopic (exact) mass is 344 g/mol. The van der Waals surface area contributed by atoms with Gasteiger partial charge >= 0.3 is 0 Å². The lowest BCUT2D eigenvalue weighted by Crippen LogP contribution is -1.98. The lowest BCUT2D eigenvalue weighted by Gasteiger charge is -2.12. The Balaban J connectivity index is 2.31. The van der Waals surface area contributed by atoms with Gasteiger partial charge in [-0.1, -0.05) is 11.6 Å². The van der Waals surface area contributed by atoms with E-state index in [1.165, 1.54) is 12.1 Å². The maximum Gasteiger partial charge on any atom is 0.143 e. The molecule has 0 saturated heterocycles. The van der Waals surface area contributed by atoms with Gasteiger partial charge in [-0.2, -0.15) is 0 Å². The Bertz CT molecular complexity index is 622. The van der Waals surface area contributed by atoms with Crippen molar-refractivity contribution in [1.82, 2.24) is 0 Å². The summed E-state index contributed by atoms with van der Waals surface area (Å²) in [6.07, 6.45) is 0. The second-order valence-corrected chi connectivity index (χ2v) is 5.09. The van der Waals surface area contributed by atoms with Crippen LogP contribution in [0.4, 0.5) is 21.5 Å². The zero-order valence-electron chi connectivity index (χ0n) is 10.0. The van der Waals surface area contributed by atoms with Gasteiger partial charge in [-0.25, -0.2) is 4.39 Å². The summed E-state index contributed by atoms with van der Waals surface area (Å²) >= 11 is 9.11. The van der Waals surface area contributed by atoms with E-state index < -0.39 is 5.82 Å². The molecule has 0 unspecified atom stereocenters. The predicted octanol–water partition coefficient (Wildman–Crippen LogP) is 4.58. The van der Waals surface area contributed by atoms with Gasteiger partial charge in [0.05, 0.1) is 28.0 Å². The van der Waals surface area contributed by atoms with Gasteiger partial charge in [0, 0.05) is 11.8 Å². The SMILES string of the molecule is COc1ccc(Nc2cc(Cl)c(F)cc2N)cc1Br. The molecule has 0 aliphatic heterocycles. The molecule has 6 heteroatoms. The lowest BCUT2D eigenvalue weighted by molar-refractivity contribution is 0.412. The maximum absolute atomic E-state index is 13.2. The molecule has 2 aromatic carbocycles.